The Bertz CT molecular complexity index is 1070. The molecular weight excluding hydrogens is 361 g/mol. The lowest BCUT2D eigenvalue weighted by molar-refractivity contribution is -0.137. The lowest BCUT2D eigenvalue weighted by Crippen LogP contribution is -2.35. The first kappa shape index (κ1) is 17.1. The summed E-state index contributed by atoms with van der Waals surface area (Å²) in [7, 11) is 0. The second-order valence-electron chi connectivity index (χ2n) is 6.09. The number of rotatable bonds is 3. The van der Waals surface area contributed by atoms with Crippen molar-refractivity contribution >= 4 is 11.7 Å². The largest absolute Gasteiger partial charge is 0.416 e. The zero-order valence-corrected chi connectivity index (χ0v) is 13.8. The number of fused-ring (bicyclic) bond motifs is 1. The van der Waals surface area contributed by atoms with Crippen LogP contribution in [-0.2, 0) is 19.3 Å². The Morgan fingerprint density at radius 1 is 1.00 bits per heavy atom. The average molecular weight is 374 g/mol. The van der Waals surface area contributed by atoms with Gasteiger partial charge in [0.05, 0.1) is 18.7 Å². The Hall–Kier alpha value is -3.36. The van der Waals surface area contributed by atoms with Crippen LogP contribution in [0.4, 0.5) is 23.7 Å². The van der Waals surface area contributed by atoms with Crippen LogP contribution in [0.3, 0.4) is 0 Å². The molecule has 0 N–H and O–H groups in total. The highest BCUT2D eigenvalue weighted by molar-refractivity contribution is 5.95. The van der Waals surface area contributed by atoms with Crippen molar-refractivity contribution in [3.05, 3.63) is 82.0 Å². The molecule has 0 saturated carbocycles. The van der Waals surface area contributed by atoms with Crippen LogP contribution in [0.2, 0.25) is 0 Å². The van der Waals surface area contributed by atoms with Gasteiger partial charge in [0.15, 0.2) is 5.82 Å². The van der Waals surface area contributed by atoms with E-state index < -0.39 is 23.5 Å². The van der Waals surface area contributed by atoms with Gasteiger partial charge in [-0.05, 0) is 29.8 Å². The van der Waals surface area contributed by atoms with E-state index in [-0.39, 0.29) is 24.5 Å². The summed E-state index contributed by atoms with van der Waals surface area (Å²) in [4.78, 5) is 26.5. The monoisotopic (exact) mass is 374 g/mol. The zero-order chi connectivity index (χ0) is 19.2. The van der Waals surface area contributed by atoms with Gasteiger partial charge < -0.3 is 0 Å². The number of benzene rings is 2. The second-order valence-corrected chi connectivity index (χ2v) is 6.09. The number of amides is 1. The van der Waals surface area contributed by atoms with E-state index in [0.29, 0.717) is 5.69 Å². The van der Waals surface area contributed by atoms with Crippen molar-refractivity contribution in [3.63, 3.8) is 0 Å². The fraction of sp³-hybridized carbons (Fsp3) is 0.167. The van der Waals surface area contributed by atoms with Gasteiger partial charge in [-0.3, -0.25) is 4.90 Å². The van der Waals surface area contributed by atoms with Gasteiger partial charge >= 0.3 is 17.9 Å². The molecule has 0 fully saturated rings. The summed E-state index contributed by atoms with van der Waals surface area (Å²) in [5, 5.41) is 4.13. The van der Waals surface area contributed by atoms with E-state index in [1.807, 2.05) is 6.07 Å². The molecule has 0 radical (unpaired) electrons. The van der Waals surface area contributed by atoms with Crippen molar-refractivity contribution in [1.29, 1.82) is 0 Å². The molecule has 138 valence electrons. The number of halogens is 3. The van der Waals surface area contributed by atoms with Gasteiger partial charge in [-0.15, -0.1) is 0 Å². The fourth-order valence-corrected chi connectivity index (χ4v) is 3.01. The molecule has 6 nitrogen and oxygen atoms in total. The standard InChI is InChI=1S/C18H13F3N4O2/c19-18(20,21)13-6-4-5-12(9-13)10-24-17(27)25-15(22-24)11-23(16(25)26)14-7-2-1-3-8-14/h1-9H,10-11H2. The average Bonchev–Trinajstić information content (AvgIpc) is 3.12. The Morgan fingerprint density at radius 2 is 1.74 bits per heavy atom. The highest BCUT2D eigenvalue weighted by Gasteiger charge is 2.34. The maximum atomic E-state index is 12.8. The Labute approximate surface area is 151 Å². The van der Waals surface area contributed by atoms with Crippen LogP contribution in [0, 0.1) is 0 Å². The van der Waals surface area contributed by atoms with Crippen LogP contribution < -0.4 is 10.6 Å². The van der Waals surface area contributed by atoms with Gasteiger partial charge in [-0.1, -0.05) is 30.3 Å². The number of carbonyl (C=O) groups is 1. The van der Waals surface area contributed by atoms with Gasteiger partial charge in [-0.2, -0.15) is 22.8 Å². The molecule has 4 rings (SSSR count). The number of anilines is 1. The highest BCUT2D eigenvalue weighted by Crippen LogP contribution is 2.29. The van der Waals surface area contributed by atoms with Crippen LogP contribution in [0.15, 0.2) is 59.4 Å². The van der Waals surface area contributed by atoms with Crippen LogP contribution in [-0.4, -0.2) is 20.4 Å². The van der Waals surface area contributed by atoms with E-state index in [1.165, 1.54) is 17.0 Å². The molecule has 3 aromatic rings. The molecule has 2 heterocycles. The van der Waals surface area contributed by atoms with Gasteiger partial charge in [0.25, 0.3) is 0 Å². The van der Waals surface area contributed by atoms with Gasteiger partial charge in [-0.25, -0.2) is 14.3 Å². The van der Waals surface area contributed by atoms with Crippen molar-refractivity contribution in [3.8, 4) is 0 Å². The molecule has 0 bridgehead atoms. The molecule has 1 amide bonds. The minimum atomic E-state index is -4.47. The molecular formula is C18H13F3N4O2. The van der Waals surface area contributed by atoms with Crippen LogP contribution >= 0.6 is 0 Å². The molecule has 1 aromatic heterocycles. The van der Waals surface area contributed by atoms with Crippen molar-refractivity contribution in [2.45, 2.75) is 19.3 Å². The maximum Gasteiger partial charge on any atom is 0.416 e. The van der Waals surface area contributed by atoms with Crippen molar-refractivity contribution in [1.82, 2.24) is 14.3 Å². The molecule has 0 aliphatic carbocycles. The summed E-state index contributed by atoms with van der Waals surface area (Å²) in [5.41, 5.74) is -0.565. The Balaban J connectivity index is 1.62. The second kappa shape index (κ2) is 6.11. The van der Waals surface area contributed by atoms with Crippen LogP contribution in [0.25, 0.3) is 0 Å². The van der Waals surface area contributed by atoms with Crippen molar-refractivity contribution in [2.75, 3.05) is 4.90 Å². The summed E-state index contributed by atoms with van der Waals surface area (Å²) in [6, 6.07) is 13.0. The molecule has 27 heavy (non-hydrogen) atoms. The van der Waals surface area contributed by atoms with E-state index >= 15 is 0 Å². The topological polar surface area (TPSA) is 60.1 Å². The molecule has 0 saturated heterocycles. The molecule has 9 heteroatoms. The SMILES string of the molecule is O=C1N(c2ccccc2)Cc2nn(Cc3cccc(C(F)(F)F)c3)c(=O)n21. The Morgan fingerprint density at radius 3 is 2.41 bits per heavy atom. The highest BCUT2D eigenvalue weighted by atomic mass is 19.4. The lowest BCUT2D eigenvalue weighted by Gasteiger charge is -2.14. The number of para-hydroxylation sites is 1. The summed E-state index contributed by atoms with van der Waals surface area (Å²) in [6.45, 7) is -0.0327. The smallest absolute Gasteiger partial charge is 0.286 e. The minimum Gasteiger partial charge on any atom is -0.286 e. The predicted molar refractivity (Wildman–Crippen MR) is 90.5 cm³/mol. The summed E-state index contributed by atoms with van der Waals surface area (Å²) in [6.07, 6.45) is -4.47. The number of nitrogens with zero attached hydrogens (tertiary/aromatic N) is 4. The quantitative estimate of drug-likeness (QED) is 0.708. The van der Waals surface area contributed by atoms with Crippen molar-refractivity contribution in [2.24, 2.45) is 0 Å². The molecule has 2 aromatic carbocycles. The van der Waals surface area contributed by atoms with Crippen LogP contribution in [0.1, 0.15) is 17.0 Å². The van der Waals surface area contributed by atoms with Gasteiger partial charge in [0, 0.05) is 5.69 Å². The number of hydrogen-bond acceptors (Lipinski definition) is 3. The third-order valence-electron chi connectivity index (χ3n) is 4.28. The van der Waals surface area contributed by atoms with Crippen molar-refractivity contribution < 1.29 is 18.0 Å². The lowest BCUT2D eigenvalue weighted by atomic mass is 10.1. The summed E-state index contributed by atoms with van der Waals surface area (Å²) < 4.78 is 40.5. The molecule has 0 unspecified atom stereocenters. The minimum absolute atomic E-state index is 0.119. The van der Waals surface area contributed by atoms with E-state index in [2.05, 4.69) is 5.10 Å². The number of carbonyl (C=O) groups excluding carboxylic acids is 1. The molecule has 0 atom stereocenters. The first-order chi connectivity index (χ1) is 12.8. The number of hydrogen-bond donors (Lipinski definition) is 0. The molecule has 0 spiro atoms. The maximum absolute atomic E-state index is 12.8. The third kappa shape index (κ3) is 3.01. The molecule has 1 aliphatic rings. The first-order valence-corrected chi connectivity index (χ1v) is 8.06. The number of alkyl halides is 3. The zero-order valence-electron chi connectivity index (χ0n) is 13.8. The van der Waals surface area contributed by atoms with E-state index in [1.54, 1.807) is 24.3 Å². The fourth-order valence-electron chi connectivity index (χ4n) is 3.01. The first-order valence-electron chi connectivity index (χ1n) is 8.06. The normalized spacial score (nSPS) is 13.9. The summed E-state index contributed by atoms with van der Waals surface area (Å²) in [5.74, 6) is 0.251. The van der Waals surface area contributed by atoms with E-state index in [0.717, 1.165) is 21.4 Å². The van der Waals surface area contributed by atoms with Gasteiger partial charge in [0.2, 0.25) is 0 Å². The van der Waals surface area contributed by atoms with Crippen LogP contribution in [0.5, 0.6) is 0 Å². The summed E-state index contributed by atoms with van der Waals surface area (Å²) >= 11 is 0. The molecule has 1 aliphatic heterocycles. The predicted octanol–water partition coefficient (Wildman–Crippen LogP) is 3.10. The van der Waals surface area contributed by atoms with E-state index in [4.69, 9.17) is 0 Å². The van der Waals surface area contributed by atoms with Gasteiger partial charge in [0.1, 0.15) is 0 Å². The third-order valence-corrected chi connectivity index (χ3v) is 4.28. The van der Waals surface area contributed by atoms with E-state index in [9.17, 15) is 22.8 Å². The number of aromatic nitrogens is 3. The Kier molecular flexibility index (Phi) is 3.87.